The molecule has 29 heavy (non-hydrogen) atoms. The summed E-state index contributed by atoms with van der Waals surface area (Å²) >= 11 is 0.972. The second kappa shape index (κ2) is 9.47. The van der Waals surface area contributed by atoms with Gasteiger partial charge in [-0.05, 0) is 69.8 Å². The van der Waals surface area contributed by atoms with Crippen molar-refractivity contribution in [1.82, 2.24) is 14.9 Å². The molecule has 0 aliphatic carbocycles. The van der Waals surface area contributed by atoms with Gasteiger partial charge in [0.1, 0.15) is 11.4 Å². The van der Waals surface area contributed by atoms with Crippen LogP contribution >= 0.6 is 11.9 Å². The first-order valence-electron chi connectivity index (χ1n) is 8.98. The predicted octanol–water partition coefficient (Wildman–Crippen LogP) is 4.29. The van der Waals surface area contributed by atoms with Crippen LogP contribution in [0.2, 0.25) is 0 Å². The highest BCUT2D eigenvalue weighted by molar-refractivity contribution is 7.98. The number of carbonyl (C=O) groups excluding carboxylic acids is 2. The molecule has 0 atom stereocenters. The van der Waals surface area contributed by atoms with E-state index in [1.165, 1.54) is 24.3 Å². The van der Waals surface area contributed by atoms with Gasteiger partial charge in [0.05, 0.1) is 0 Å². The number of urea groups is 1. The Bertz CT molecular complexity index is 700. The number of hydrogen-bond acceptors (Lipinski definition) is 5. The number of piperidine rings is 1. The fraction of sp³-hybridized carbons (Fsp3) is 0.556. The Labute approximate surface area is 171 Å². The van der Waals surface area contributed by atoms with Gasteiger partial charge >= 0.3 is 18.5 Å². The first-order chi connectivity index (χ1) is 13.4. The van der Waals surface area contributed by atoms with Crippen LogP contribution in [0.4, 0.5) is 22.8 Å². The highest BCUT2D eigenvalue weighted by atomic mass is 32.2. The van der Waals surface area contributed by atoms with Gasteiger partial charge in [-0.2, -0.15) is 0 Å². The van der Waals surface area contributed by atoms with E-state index < -0.39 is 18.0 Å². The molecule has 1 aromatic carbocycles. The van der Waals surface area contributed by atoms with E-state index in [0.717, 1.165) is 11.9 Å². The molecule has 0 saturated carbocycles. The van der Waals surface area contributed by atoms with Crippen LogP contribution in [0.1, 0.15) is 33.6 Å². The number of alkyl halides is 3. The number of amides is 3. The lowest BCUT2D eigenvalue weighted by Crippen LogP contribution is -2.49. The fourth-order valence-corrected chi connectivity index (χ4v) is 3.10. The maximum Gasteiger partial charge on any atom is 0.573 e. The topological polar surface area (TPSA) is 79.9 Å². The number of halogens is 3. The monoisotopic (exact) mass is 435 g/mol. The minimum absolute atomic E-state index is 0.0863. The van der Waals surface area contributed by atoms with Crippen LogP contribution < -0.4 is 14.8 Å². The van der Waals surface area contributed by atoms with Crippen molar-refractivity contribution in [2.75, 3.05) is 13.1 Å². The summed E-state index contributed by atoms with van der Waals surface area (Å²) in [7, 11) is 0. The van der Waals surface area contributed by atoms with Crippen molar-refractivity contribution in [3.05, 3.63) is 24.3 Å². The average molecular weight is 435 g/mol. The quantitative estimate of drug-likeness (QED) is 0.690. The molecule has 3 amide bonds. The van der Waals surface area contributed by atoms with Gasteiger partial charge in [-0.3, -0.25) is 4.72 Å². The van der Waals surface area contributed by atoms with E-state index in [9.17, 15) is 22.8 Å². The van der Waals surface area contributed by atoms with Gasteiger partial charge < -0.3 is 19.7 Å². The second-order valence-corrected chi connectivity index (χ2v) is 8.32. The second-order valence-electron chi connectivity index (χ2n) is 7.44. The zero-order valence-corrected chi connectivity index (χ0v) is 17.2. The van der Waals surface area contributed by atoms with Crippen LogP contribution in [0.15, 0.2) is 29.2 Å². The highest BCUT2D eigenvalue weighted by Crippen LogP contribution is 2.25. The number of carbonyl (C=O) groups is 2. The molecule has 0 spiro atoms. The minimum atomic E-state index is -4.74. The Morgan fingerprint density at radius 2 is 1.69 bits per heavy atom. The van der Waals surface area contributed by atoms with Gasteiger partial charge in [0.2, 0.25) is 0 Å². The van der Waals surface area contributed by atoms with Crippen molar-refractivity contribution in [1.29, 1.82) is 0 Å². The van der Waals surface area contributed by atoms with Crippen LogP contribution in [0.3, 0.4) is 0 Å². The van der Waals surface area contributed by atoms with Crippen LogP contribution in [0.25, 0.3) is 0 Å². The van der Waals surface area contributed by atoms with E-state index in [-0.39, 0.29) is 17.9 Å². The molecule has 1 aliphatic heterocycles. The number of nitrogens with one attached hydrogen (secondary N) is 2. The molecule has 2 rings (SSSR count). The Balaban J connectivity index is 1.70. The Hall–Kier alpha value is -2.30. The van der Waals surface area contributed by atoms with Gasteiger partial charge in [-0.15, -0.1) is 13.2 Å². The van der Waals surface area contributed by atoms with Crippen LogP contribution in [0.5, 0.6) is 5.75 Å². The SMILES string of the molecule is CC(C)(C)OC(=O)N1CCC(NC(=O)NSc2ccc(OC(F)(F)F)cc2)CC1. The standard InChI is InChI=1S/C18H24F3N3O4S/c1-17(2,3)28-16(26)24-10-8-12(9-11-24)22-15(25)23-29-14-6-4-13(5-7-14)27-18(19,20)21/h4-7,12H,8-11H2,1-3H3,(H2,22,23,25). The van der Waals surface area contributed by atoms with E-state index in [0.29, 0.717) is 30.8 Å². The zero-order chi connectivity index (χ0) is 21.7. The van der Waals surface area contributed by atoms with E-state index in [4.69, 9.17) is 4.74 Å². The Morgan fingerprint density at radius 3 is 2.21 bits per heavy atom. The summed E-state index contributed by atoms with van der Waals surface area (Å²) in [5.41, 5.74) is -0.555. The molecular weight excluding hydrogens is 411 g/mol. The smallest absolute Gasteiger partial charge is 0.444 e. The summed E-state index contributed by atoms with van der Waals surface area (Å²) in [6, 6.07) is 4.65. The first kappa shape index (κ1) is 23.0. The third kappa shape index (κ3) is 8.71. The Morgan fingerprint density at radius 1 is 1.10 bits per heavy atom. The van der Waals surface area contributed by atoms with E-state index in [2.05, 4.69) is 14.8 Å². The lowest BCUT2D eigenvalue weighted by molar-refractivity contribution is -0.274. The summed E-state index contributed by atoms with van der Waals surface area (Å²) in [6.45, 7) is 6.37. The lowest BCUT2D eigenvalue weighted by atomic mass is 10.1. The number of likely N-dealkylation sites (tertiary alicyclic amines) is 1. The average Bonchev–Trinajstić information content (AvgIpc) is 2.59. The molecule has 0 unspecified atom stereocenters. The third-order valence-electron chi connectivity index (χ3n) is 3.80. The van der Waals surface area contributed by atoms with Gasteiger partial charge in [-0.25, -0.2) is 9.59 Å². The Kier molecular flexibility index (Phi) is 7.50. The molecule has 11 heteroatoms. The van der Waals surface area contributed by atoms with Crippen LogP contribution in [0, 0.1) is 0 Å². The van der Waals surface area contributed by atoms with Crippen molar-refractivity contribution in [2.24, 2.45) is 0 Å². The molecule has 7 nitrogen and oxygen atoms in total. The van der Waals surface area contributed by atoms with Crippen molar-refractivity contribution < 1.29 is 32.2 Å². The predicted molar refractivity (Wildman–Crippen MR) is 101 cm³/mol. The van der Waals surface area contributed by atoms with Crippen LogP contribution in [-0.2, 0) is 4.74 Å². The van der Waals surface area contributed by atoms with Crippen molar-refractivity contribution in [3.63, 3.8) is 0 Å². The van der Waals surface area contributed by atoms with E-state index in [1.807, 2.05) is 0 Å². The molecule has 1 aromatic rings. The van der Waals surface area contributed by atoms with Crippen molar-refractivity contribution in [2.45, 2.75) is 56.5 Å². The largest absolute Gasteiger partial charge is 0.573 e. The van der Waals surface area contributed by atoms with Gasteiger partial charge in [0, 0.05) is 24.0 Å². The van der Waals surface area contributed by atoms with Gasteiger partial charge in [-0.1, -0.05) is 0 Å². The number of hydrogen-bond donors (Lipinski definition) is 2. The highest BCUT2D eigenvalue weighted by Gasteiger charge is 2.31. The number of ether oxygens (including phenoxy) is 2. The number of nitrogens with zero attached hydrogens (tertiary/aromatic N) is 1. The number of rotatable bonds is 4. The first-order valence-corrected chi connectivity index (χ1v) is 9.80. The summed E-state index contributed by atoms with van der Waals surface area (Å²) in [6.07, 6.45) is -3.91. The zero-order valence-electron chi connectivity index (χ0n) is 16.3. The van der Waals surface area contributed by atoms with Gasteiger partial charge in [0.15, 0.2) is 0 Å². The number of benzene rings is 1. The lowest BCUT2D eigenvalue weighted by Gasteiger charge is -2.33. The van der Waals surface area contributed by atoms with Gasteiger partial charge in [0.25, 0.3) is 0 Å². The summed E-state index contributed by atoms with van der Waals surface area (Å²) in [5, 5.41) is 2.82. The molecule has 1 aliphatic rings. The maximum absolute atomic E-state index is 12.1. The minimum Gasteiger partial charge on any atom is -0.444 e. The summed E-state index contributed by atoms with van der Waals surface area (Å²) in [5.74, 6) is -0.331. The maximum atomic E-state index is 12.1. The molecule has 1 fully saturated rings. The van der Waals surface area contributed by atoms with Crippen molar-refractivity contribution in [3.8, 4) is 5.75 Å². The normalized spacial score (nSPS) is 15.6. The molecular formula is C18H24F3N3O4S. The molecule has 0 bridgehead atoms. The molecule has 1 heterocycles. The van der Waals surface area contributed by atoms with Crippen molar-refractivity contribution >= 4 is 24.1 Å². The molecule has 0 radical (unpaired) electrons. The van der Waals surface area contributed by atoms with E-state index in [1.54, 1.807) is 25.7 Å². The summed E-state index contributed by atoms with van der Waals surface area (Å²) in [4.78, 5) is 26.2. The molecule has 0 aromatic heterocycles. The molecule has 2 N–H and O–H groups in total. The fourth-order valence-electron chi connectivity index (χ4n) is 2.56. The third-order valence-corrected chi connectivity index (χ3v) is 4.60. The van der Waals surface area contributed by atoms with E-state index >= 15 is 0 Å². The molecule has 1 saturated heterocycles. The molecule has 162 valence electrons. The summed E-state index contributed by atoms with van der Waals surface area (Å²) < 4.78 is 48.1. The van der Waals surface area contributed by atoms with Crippen LogP contribution in [-0.4, -0.2) is 48.1 Å².